The number of hydrogen-bond acceptors (Lipinski definition) is 3. The summed E-state index contributed by atoms with van der Waals surface area (Å²) in [5, 5.41) is 3.41. The Balaban J connectivity index is 2.44. The minimum Gasteiger partial charge on any atom is -0.380 e. The maximum Gasteiger partial charge on any atom is 0.0593 e. The smallest absolute Gasteiger partial charge is 0.0593 e. The first-order chi connectivity index (χ1) is 9.71. The van der Waals surface area contributed by atoms with Crippen LogP contribution in [0.3, 0.4) is 0 Å². The summed E-state index contributed by atoms with van der Waals surface area (Å²) in [5.74, 6) is 0. The van der Waals surface area contributed by atoms with Crippen LogP contribution >= 0.6 is 15.9 Å². The van der Waals surface area contributed by atoms with Crippen molar-refractivity contribution < 1.29 is 4.74 Å². The van der Waals surface area contributed by atoms with E-state index in [9.17, 15) is 0 Å². The van der Waals surface area contributed by atoms with Crippen molar-refractivity contribution in [2.45, 2.75) is 26.3 Å². The van der Waals surface area contributed by atoms with E-state index < -0.39 is 0 Å². The molecule has 1 N–H and O–H groups in total. The van der Waals surface area contributed by atoms with Crippen molar-refractivity contribution in [3.63, 3.8) is 0 Å². The van der Waals surface area contributed by atoms with E-state index in [0.717, 1.165) is 43.7 Å². The van der Waals surface area contributed by atoms with Gasteiger partial charge in [0.15, 0.2) is 0 Å². The average molecular weight is 343 g/mol. The summed E-state index contributed by atoms with van der Waals surface area (Å²) in [4.78, 5) is 2.44. The van der Waals surface area contributed by atoms with Crippen molar-refractivity contribution in [3.05, 3.63) is 34.3 Å². The van der Waals surface area contributed by atoms with Gasteiger partial charge in [-0.3, -0.25) is 0 Å². The summed E-state index contributed by atoms with van der Waals surface area (Å²) in [7, 11) is 2.03. The van der Waals surface area contributed by atoms with Crippen LogP contribution in [0.15, 0.2) is 28.7 Å². The average Bonchev–Trinajstić information content (AvgIpc) is 2.47. The molecule has 4 heteroatoms. The van der Waals surface area contributed by atoms with Crippen LogP contribution in [0.4, 0.5) is 0 Å². The second-order valence-electron chi connectivity index (χ2n) is 4.81. The van der Waals surface area contributed by atoms with Gasteiger partial charge >= 0.3 is 0 Å². The van der Waals surface area contributed by atoms with Gasteiger partial charge in [0, 0.05) is 30.2 Å². The van der Waals surface area contributed by atoms with Crippen LogP contribution in [0.2, 0.25) is 0 Å². The number of likely N-dealkylation sites (N-methyl/N-ethyl adjacent to an activating group) is 1. The molecule has 0 aromatic heterocycles. The van der Waals surface area contributed by atoms with Gasteiger partial charge < -0.3 is 15.0 Å². The van der Waals surface area contributed by atoms with E-state index in [1.165, 1.54) is 5.56 Å². The third-order valence-corrected chi connectivity index (χ3v) is 4.09. The van der Waals surface area contributed by atoms with Crippen LogP contribution < -0.4 is 5.32 Å². The molecular weight excluding hydrogens is 316 g/mol. The van der Waals surface area contributed by atoms with E-state index in [-0.39, 0.29) is 0 Å². The Morgan fingerprint density at radius 2 is 1.90 bits per heavy atom. The lowest BCUT2D eigenvalue weighted by Gasteiger charge is -2.24. The first kappa shape index (κ1) is 17.6. The maximum absolute atomic E-state index is 5.43. The van der Waals surface area contributed by atoms with Gasteiger partial charge in [0.05, 0.1) is 6.61 Å². The molecule has 0 aliphatic heterocycles. The van der Waals surface area contributed by atoms with Crippen molar-refractivity contribution in [3.8, 4) is 0 Å². The van der Waals surface area contributed by atoms with E-state index in [1.807, 2.05) is 14.0 Å². The van der Waals surface area contributed by atoms with Gasteiger partial charge in [0.2, 0.25) is 0 Å². The molecule has 0 saturated heterocycles. The predicted octanol–water partition coefficient (Wildman–Crippen LogP) is 3.46. The monoisotopic (exact) mass is 342 g/mol. The Hall–Kier alpha value is -0.420. The van der Waals surface area contributed by atoms with Crippen LogP contribution in [-0.2, 0) is 4.74 Å². The fourth-order valence-electron chi connectivity index (χ4n) is 2.25. The Morgan fingerprint density at radius 1 is 1.20 bits per heavy atom. The molecule has 0 heterocycles. The number of nitrogens with one attached hydrogen (secondary N) is 1. The van der Waals surface area contributed by atoms with Crippen LogP contribution in [0, 0.1) is 0 Å². The molecule has 0 saturated carbocycles. The molecule has 1 rings (SSSR count). The molecule has 1 aromatic rings. The van der Waals surface area contributed by atoms with E-state index in [1.54, 1.807) is 0 Å². The Bertz CT molecular complexity index is 356. The molecule has 3 nitrogen and oxygen atoms in total. The number of hydrogen-bond donors (Lipinski definition) is 1. The van der Waals surface area contributed by atoms with Gasteiger partial charge in [-0.05, 0) is 44.6 Å². The molecule has 1 unspecified atom stereocenters. The van der Waals surface area contributed by atoms with Crippen LogP contribution in [0.5, 0.6) is 0 Å². The van der Waals surface area contributed by atoms with Gasteiger partial charge in [-0.2, -0.15) is 0 Å². The van der Waals surface area contributed by atoms with E-state index in [4.69, 9.17) is 4.74 Å². The van der Waals surface area contributed by atoms with Crippen LogP contribution in [-0.4, -0.2) is 44.8 Å². The predicted molar refractivity (Wildman–Crippen MR) is 89.2 cm³/mol. The lowest BCUT2D eigenvalue weighted by molar-refractivity contribution is 0.113. The normalized spacial score (nSPS) is 12.8. The molecule has 1 atom stereocenters. The summed E-state index contributed by atoms with van der Waals surface area (Å²) in [6.45, 7) is 9.05. The minimum absolute atomic E-state index is 0.407. The summed E-state index contributed by atoms with van der Waals surface area (Å²) in [5.41, 5.74) is 1.34. The first-order valence-electron chi connectivity index (χ1n) is 7.44. The molecular formula is C16H27BrN2O. The Kier molecular flexibility index (Phi) is 9.10. The quantitative estimate of drug-likeness (QED) is 0.659. The summed E-state index contributed by atoms with van der Waals surface area (Å²) in [6.07, 6.45) is 1.11. The molecule has 0 aliphatic carbocycles. The molecule has 0 bridgehead atoms. The second kappa shape index (κ2) is 10.3. The molecule has 20 heavy (non-hydrogen) atoms. The highest BCUT2D eigenvalue weighted by atomic mass is 79.9. The third kappa shape index (κ3) is 6.35. The number of benzene rings is 1. The van der Waals surface area contributed by atoms with Crippen molar-refractivity contribution >= 4 is 15.9 Å². The highest BCUT2D eigenvalue weighted by Gasteiger charge is 2.11. The number of nitrogens with zero attached hydrogens (tertiary/aromatic N) is 1. The van der Waals surface area contributed by atoms with Crippen molar-refractivity contribution in [2.24, 2.45) is 0 Å². The van der Waals surface area contributed by atoms with Crippen LogP contribution in [0.25, 0.3) is 0 Å². The summed E-state index contributed by atoms with van der Waals surface area (Å²) >= 11 is 3.48. The molecule has 0 spiro atoms. The number of halogens is 1. The Morgan fingerprint density at radius 3 is 2.45 bits per heavy atom. The number of rotatable bonds is 10. The van der Waals surface area contributed by atoms with E-state index in [2.05, 4.69) is 57.3 Å². The van der Waals surface area contributed by atoms with Crippen molar-refractivity contribution in [2.75, 3.05) is 39.9 Å². The van der Waals surface area contributed by atoms with Crippen LogP contribution in [0.1, 0.15) is 31.9 Å². The highest BCUT2D eigenvalue weighted by Crippen LogP contribution is 2.19. The minimum atomic E-state index is 0.407. The zero-order valence-electron chi connectivity index (χ0n) is 12.9. The highest BCUT2D eigenvalue weighted by molar-refractivity contribution is 9.10. The fourth-order valence-corrected chi connectivity index (χ4v) is 2.51. The lowest BCUT2D eigenvalue weighted by atomic mass is 10.0. The maximum atomic E-state index is 5.43. The second-order valence-corrected chi connectivity index (χ2v) is 5.73. The van der Waals surface area contributed by atoms with Gasteiger partial charge in [-0.1, -0.05) is 35.0 Å². The van der Waals surface area contributed by atoms with Gasteiger partial charge in [0.1, 0.15) is 0 Å². The SMILES string of the molecule is CCOCCN(CC)CCC(NC)c1ccc(Br)cc1. The van der Waals surface area contributed by atoms with E-state index in [0.29, 0.717) is 6.04 Å². The van der Waals surface area contributed by atoms with Gasteiger partial charge in [-0.15, -0.1) is 0 Å². The van der Waals surface area contributed by atoms with Gasteiger partial charge in [0.25, 0.3) is 0 Å². The third-order valence-electron chi connectivity index (χ3n) is 3.56. The first-order valence-corrected chi connectivity index (χ1v) is 8.23. The van der Waals surface area contributed by atoms with Crippen molar-refractivity contribution in [1.29, 1.82) is 0 Å². The number of ether oxygens (including phenoxy) is 1. The van der Waals surface area contributed by atoms with E-state index >= 15 is 0 Å². The topological polar surface area (TPSA) is 24.5 Å². The Labute approximate surface area is 131 Å². The largest absolute Gasteiger partial charge is 0.380 e. The molecule has 1 aromatic carbocycles. The van der Waals surface area contributed by atoms with Gasteiger partial charge in [-0.25, -0.2) is 0 Å². The zero-order chi connectivity index (χ0) is 14.8. The molecule has 0 amide bonds. The summed E-state index contributed by atoms with van der Waals surface area (Å²) in [6, 6.07) is 8.98. The molecule has 114 valence electrons. The lowest BCUT2D eigenvalue weighted by Crippen LogP contribution is -2.31. The standard InChI is InChI=1S/C16H27BrN2O/c1-4-19(12-13-20-5-2)11-10-16(18-3)14-6-8-15(17)9-7-14/h6-9,16,18H,4-5,10-13H2,1-3H3. The zero-order valence-corrected chi connectivity index (χ0v) is 14.4. The molecule has 0 radical (unpaired) electrons. The summed E-state index contributed by atoms with van der Waals surface area (Å²) < 4.78 is 6.56. The van der Waals surface area contributed by atoms with Crippen molar-refractivity contribution in [1.82, 2.24) is 10.2 Å². The molecule has 0 fully saturated rings. The fraction of sp³-hybridized carbons (Fsp3) is 0.625. The molecule has 0 aliphatic rings.